The molecule has 4 rings (SSSR count). The molecule has 0 aromatic heterocycles. The lowest BCUT2D eigenvalue weighted by Crippen LogP contribution is -2.02. The molecule has 0 unspecified atom stereocenters. The van der Waals surface area contributed by atoms with Crippen molar-refractivity contribution < 1.29 is 17.9 Å². The van der Waals surface area contributed by atoms with Crippen molar-refractivity contribution in [1.82, 2.24) is 0 Å². The zero-order valence-corrected chi connectivity index (χ0v) is 17.9. The summed E-state index contributed by atoms with van der Waals surface area (Å²) in [5.74, 6) is 2.52. The van der Waals surface area contributed by atoms with Gasteiger partial charge in [0.25, 0.3) is 0 Å². The second kappa shape index (κ2) is 8.66. The Bertz CT molecular complexity index is 1270. The lowest BCUT2D eigenvalue weighted by molar-refractivity contribution is 0.442. The van der Waals surface area contributed by atoms with Gasteiger partial charge in [-0.2, -0.15) is 0 Å². The molecule has 0 spiro atoms. The Morgan fingerprint density at radius 2 is 1.42 bits per heavy atom. The SMILES string of the molecule is C=C1C=C(Oc2ccc(S(=O)(=O)c3ccc(Oc4cccc(C)c4)cc3)cc2)C=CC1. The van der Waals surface area contributed by atoms with E-state index in [1.165, 1.54) is 0 Å². The summed E-state index contributed by atoms with van der Waals surface area (Å²) >= 11 is 0. The first kappa shape index (κ1) is 20.7. The fourth-order valence-corrected chi connectivity index (χ4v) is 4.42. The first-order chi connectivity index (χ1) is 14.9. The van der Waals surface area contributed by atoms with E-state index in [9.17, 15) is 8.42 Å². The first-order valence-electron chi connectivity index (χ1n) is 9.84. The zero-order valence-electron chi connectivity index (χ0n) is 17.1. The second-order valence-corrected chi connectivity index (χ2v) is 9.23. The Kier molecular flexibility index (Phi) is 5.78. The summed E-state index contributed by atoms with van der Waals surface area (Å²) in [5, 5.41) is 0. The van der Waals surface area contributed by atoms with Gasteiger partial charge in [-0.3, -0.25) is 0 Å². The number of hydrogen-bond acceptors (Lipinski definition) is 4. The third-order valence-corrected chi connectivity index (χ3v) is 6.52. The smallest absolute Gasteiger partial charge is 0.206 e. The van der Waals surface area contributed by atoms with Crippen LogP contribution >= 0.6 is 0 Å². The van der Waals surface area contributed by atoms with Crippen LogP contribution < -0.4 is 9.47 Å². The fourth-order valence-electron chi connectivity index (χ4n) is 3.16. The molecule has 0 saturated carbocycles. The van der Waals surface area contributed by atoms with E-state index in [1.54, 1.807) is 48.5 Å². The third-order valence-electron chi connectivity index (χ3n) is 4.74. The average Bonchev–Trinajstić information content (AvgIpc) is 2.75. The van der Waals surface area contributed by atoms with Gasteiger partial charge in [0.15, 0.2) is 0 Å². The minimum atomic E-state index is -3.65. The van der Waals surface area contributed by atoms with E-state index in [0.717, 1.165) is 17.6 Å². The van der Waals surface area contributed by atoms with E-state index in [0.29, 0.717) is 23.0 Å². The van der Waals surface area contributed by atoms with Gasteiger partial charge in [-0.05, 0) is 97.3 Å². The number of aryl methyl sites for hydroxylation is 1. The normalized spacial score (nSPS) is 13.6. The van der Waals surface area contributed by atoms with Crippen molar-refractivity contribution >= 4 is 9.84 Å². The van der Waals surface area contributed by atoms with Gasteiger partial charge in [-0.25, -0.2) is 8.42 Å². The van der Waals surface area contributed by atoms with Gasteiger partial charge >= 0.3 is 0 Å². The Balaban J connectivity index is 1.49. The van der Waals surface area contributed by atoms with Crippen molar-refractivity contribution in [3.8, 4) is 17.2 Å². The van der Waals surface area contributed by atoms with E-state index < -0.39 is 9.84 Å². The summed E-state index contributed by atoms with van der Waals surface area (Å²) in [5.41, 5.74) is 2.05. The highest BCUT2D eigenvalue weighted by atomic mass is 32.2. The summed E-state index contributed by atoms with van der Waals surface area (Å²) in [6.45, 7) is 5.91. The lowest BCUT2D eigenvalue weighted by atomic mass is 10.1. The highest BCUT2D eigenvalue weighted by Gasteiger charge is 2.18. The molecule has 3 aromatic carbocycles. The highest BCUT2D eigenvalue weighted by Crippen LogP contribution is 2.28. The Morgan fingerprint density at radius 3 is 2.00 bits per heavy atom. The van der Waals surface area contributed by atoms with Gasteiger partial charge < -0.3 is 9.47 Å². The summed E-state index contributed by atoms with van der Waals surface area (Å²) < 4.78 is 37.5. The minimum Gasteiger partial charge on any atom is -0.457 e. The molecule has 0 atom stereocenters. The molecule has 1 aliphatic carbocycles. The van der Waals surface area contributed by atoms with Gasteiger partial charge in [-0.1, -0.05) is 24.8 Å². The van der Waals surface area contributed by atoms with E-state index >= 15 is 0 Å². The van der Waals surface area contributed by atoms with Crippen molar-refractivity contribution in [2.24, 2.45) is 0 Å². The monoisotopic (exact) mass is 430 g/mol. The van der Waals surface area contributed by atoms with Crippen LogP contribution in [0.2, 0.25) is 0 Å². The molecule has 3 aromatic rings. The molecule has 5 heteroatoms. The van der Waals surface area contributed by atoms with Crippen LogP contribution in [0.3, 0.4) is 0 Å². The Hall–Kier alpha value is -3.57. The van der Waals surface area contributed by atoms with Crippen molar-refractivity contribution in [2.45, 2.75) is 23.1 Å². The predicted molar refractivity (Wildman–Crippen MR) is 121 cm³/mol. The predicted octanol–water partition coefficient (Wildman–Crippen LogP) is 6.40. The molecule has 31 heavy (non-hydrogen) atoms. The van der Waals surface area contributed by atoms with E-state index in [-0.39, 0.29) is 9.79 Å². The van der Waals surface area contributed by atoms with Gasteiger partial charge in [-0.15, -0.1) is 0 Å². The van der Waals surface area contributed by atoms with Crippen molar-refractivity contribution in [2.75, 3.05) is 0 Å². The summed E-state index contributed by atoms with van der Waals surface area (Å²) in [6.07, 6.45) is 6.52. The standard InChI is InChI=1S/C26H22O4S/c1-19-5-3-7-23(17-19)29-21-9-13-25(14-10-21)31(27,28)26-15-11-22(12-16-26)30-24-8-4-6-20(2)18-24/h3-4,6-18H,1,5H2,2H3. The third kappa shape index (κ3) is 4.95. The van der Waals surface area contributed by atoms with Crippen LogP contribution in [0.1, 0.15) is 12.0 Å². The van der Waals surface area contributed by atoms with Gasteiger partial charge in [0.05, 0.1) is 9.79 Å². The van der Waals surface area contributed by atoms with E-state index in [4.69, 9.17) is 9.47 Å². The summed E-state index contributed by atoms with van der Waals surface area (Å²) in [4.78, 5) is 0.400. The van der Waals surface area contributed by atoms with Gasteiger partial charge in [0, 0.05) is 0 Å². The second-order valence-electron chi connectivity index (χ2n) is 7.28. The first-order valence-corrected chi connectivity index (χ1v) is 11.3. The zero-order chi connectivity index (χ0) is 21.8. The lowest BCUT2D eigenvalue weighted by Gasteiger charge is -2.11. The van der Waals surface area contributed by atoms with Crippen molar-refractivity contribution in [1.29, 1.82) is 0 Å². The molecule has 0 heterocycles. The summed E-state index contributed by atoms with van der Waals surface area (Å²) in [7, 11) is -3.65. The quantitative estimate of drug-likeness (QED) is 0.454. The van der Waals surface area contributed by atoms with Crippen LogP contribution in [-0.2, 0) is 9.84 Å². The van der Waals surface area contributed by atoms with E-state index in [2.05, 4.69) is 6.58 Å². The number of hydrogen-bond donors (Lipinski definition) is 0. The number of rotatable bonds is 6. The topological polar surface area (TPSA) is 52.6 Å². The molecule has 1 aliphatic rings. The number of ether oxygens (including phenoxy) is 2. The van der Waals surface area contributed by atoms with E-state index in [1.807, 2.05) is 49.4 Å². The minimum absolute atomic E-state index is 0.199. The molecule has 0 N–H and O–H groups in total. The van der Waals surface area contributed by atoms with Crippen LogP contribution in [0.5, 0.6) is 17.2 Å². The molecular weight excluding hydrogens is 408 g/mol. The molecule has 4 nitrogen and oxygen atoms in total. The van der Waals surface area contributed by atoms with Gasteiger partial charge in [0.2, 0.25) is 9.84 Å². The summed E-state index contributed by atoms with van der Waals surface area (Å²) in [6, 6.07) is 20.5. The largest absolute Gasteiger partial charge is 0.457 e. The average molecular weight is 431 g/mol. The molecule has 0 bridgehead atoms. The Morgan fingerprint density at radius 1 is 0.806 bits per heavy atom. The maximum Gasteiger partial charge on any atom is 0.206 e. The van der Waals surface area contributed by atoms with Crippen LogP contribution in [0.25, 0.3) is 0 Å². The molecule has 0 aliphatic heterocycles. The molecule has 0 radical (unpaired) electrons. The van der Waals surface area contributed by atoms with Crippen molar-refractivity contribution in [3.63, 3.8) is 0 Å². The van der Waals surface area contributed by atoms with Crippen LogP contribution in [0.4, 0.5) is 0 Å². The fraction of sp³-hybridized carbons (Fsp3) is 0.0769. The van der Waals surface area contributed by atoms with Crippen LogP contribution in [0.15, 0.2) is 119 Å². The number of allylic oxidation sites excluding steroid dienone is 4. The number of benzene rings is 3. The Labute approximate surface area is 182 Å². The molecule has 0 saturated heterocycles. The van der Waals surface area contributed by atoms with Crippen LogP contribution in [-0.4, -0.2) is 8.42 Å². The van der Waals surface area contributed by atoms with Gasteiger partial charge in [0.1, 0.15) is 23.0 Å². The van der Waals surface area contributed by atoms with Crippen molar-refractivity contribution in [3.05, 3.63) is 114 Å². The molecule has 0 amide bonds. The van der Waals surface area contributed by atoms with Crippen LogP contribution in [0, 0.1) is 6.92 Å². The molecule has 156 valence electrons. The highest BCUT2D eigenvalue weighted by molar-refractivity contribution is 7.91. The maximum absolute atomic E-state index is 13.0. The number of sulfone groups is 1. The maximum atomic E-state index is 13.0. The molecule has 0 fully saturated rings. The molecular formula is C26H22O4S.